The first-order valence-corrected chi connectivity index (χ1v) is 16.3. The number of methoxy groups -OCH3 is 2. The maximum Gasteiger partial charge on any atom is 0.280 e. The molecule has 244 valence electrons. The summed E-state index contributed by atoms with van der Waals surface area (Å²) in [6.07, 6.45) is -0.230. The van der Waals surface area contributed by atoms with Gasteiger partial charge in [0.2, 0.25) is 11.9 Å². The summed E-state index contributed by atoms with van der Waals surface area (Å²) in [6.45, 7) is 3.50. The number of aliphatic hydroxyl groups excluding tert-OH is 1. The molecular weight excluding hydrogens is 618 g/mol. The summed E-state index contributed by atoms with van der Waals surface area (Å²) in [5, 5.41) is 14.0. The molecule has 12 heteroatoms. The minimum atomic E-state index is -0.799. The number of carbonyl (C=O) groups excluding carboxylic acids is 1. The van der Waals surface area contributed by atoms with Gasteiger partial charge in [-0.3, -0.25) is 24.5 Å². The number of hydrogen-bond donors (Lipinski definition) is 3. The Morgan fingerprint density at radius 2 is 1.62 bits per heavy atom. The largest absolute Gasteiger partial charge is 0.497 e. The Hall–Kier alpha value is -4.65. The zero-order valence-corrected chi connectivity index (χ0v) is 27.4. The van der Waals surface area contributed by atoms with Crippen LogP contribution >= 0.6 is 11.8 Å². The molecule has 3 atom stereocenters. The quantitative estimate of drug-likeness (QED) is 0.166. The van der Waals surface area contributed by atoms with Gasteiger partial charge in [-0.05, 0) is 41.0 Å². The van der Waals surface area contributed by atoms with Crippen molar-refractivity contribution < 1.29 is 24.1 Å². The molecule has 0 spiro atoms. The van der Waals surface area contributed by atoms with E-state index in [1.165, 1.54) is 6.33 Å². The first-order chi connectivity index (χ1) is 22.7. The van der Waals surface area contributed by atoms with Crippen molar-refractivity contribution in [3.63, 3.8) is 0 Å². The van der Waals surface area contributed by atoms with Gasteiger partial charge in [-0.1, -0.05) is 68.4 Å². The minimum absolute atomic E-state index is 0.0280. The van der Waals surface area contributed by atoms with Crippen LogP contribution in [0.15, 0.2) is 90.0 Å². The number of rotatable bonds is 11. The highest BCUT2D eigenvalue weighted by atomic mass is 32.2. The van der Waals surface area contributed by atoms with E-state index in [2.05, 4.69) is 56.7 Å². The van der Waals surface area contributed by atoms with Crippen LogP contribution in [0.25, 0.3) is 11.2 Å². The number of anilines is 1. The number of ether oxygens (including phenoxy) is 3. The number of aliphatic hydroxyl groups is 1. The van der Waals surface area contributed by atoms with Gasteiger partial charge in [-0.15, -0.1) is 11.8 Å². The number of aromatic amines is 1. The third-order valence-electron chi connectivity index (χ3n) is 8.35. The van der Waals surface area contributed by atoms with Crippen molar-refractivity contribution in [3.05, 3.63) is 112 Å². The van der Waals surface area contributed by atoms with Gasteiger partial charge in [0.1, 0.15) is 17.7 Å². The predicted octanol–water partition coefficient (Wildman–Crippen LogP) is 5.11. The number of fused-ring (bicyclic) bond motifs is 1. The summed E-state index contributed by atoms with van der Waals surface area (Å²) >= 11 is 1.66. The Morgan fingerprint density at radius 1 is 1.02 bits per heavy atom. The topological polar surface area (TPSA) is 141 Å². The third-order valence-corrected chi connectivity index (χ3v) is 9.99. The molecule has 0 bridgehead atoms. The van der Waals surface area contributed by atoms with Crippen LogP contribution in [0.4, 0.5) is 5.95 Å². The maximum atomic E-state index is 12.8. The molecule has 3 heterocycles. The summed E-state index contributed by atoms with van der Waals surface area (Å²) in [5.74, 6) is 1.38. The molecule has 0 radical (unpaired) electrons. The van der Waals surface area contributed by atoms with Gasteiger partial charge < -0.3 is 19.3 Å². The van der Waals surface area contributed by atoms with E-state index in [1.54, 1.807) is 44.4 Å². The lowest BCUT2D eigenvalue weighted by molar-refractivity contribution is -0.118. The maximum absolute atomic E-state index is 12.8. The number of thioether (sulfide) groups is 1. The number of nitrogens with one attached hydrogen (secondary N) is 2. The molecule has 2 aromatic heterocycles. The van der Waals surface area contributed by atoms with Crippen LogP contribution in [0.2, 0.25) is 0 Å². The summed E-state index contributed by atoms with van der Waals surface area (Å²) in [7, 11) is 3.29. The van der Waals surface area contributed by atoms with Crippen LogP contribution in [0.1, 0.15) is 43.2 Å². The average Bonchev–Trinajstić information content (AvgIpc) is 3.69. The fourth-order valence-electron chi connectivity index (χ4n) is 5.77. The van der Waals surface area contributed by atoms with E-state index in [4.69, 9.17) is 14.2 Å². The molecule has 1 fully saturated rings. The molecule has 0 unspecified atom stereocenters. The fourth-order valence-corrected chi connectivity index (χ4v) is 7.40. The average molecular weight is 656 g/mol. The molecule has 6 rings (SSSR count). The van der Waals surface area contributed by atoms with Gasteiger partial charge in [0.05, 0.1) is 37.5 Å². The summed E-state index contributed by atoms with van der Waals surface area (Å²) < 4.78 is 18.4. The summed E-state index contributed by atoms with van der Waals surface area (Å²) in [6, 6.07) is 26.3. The number of imidazole rings is 1. The molecule has 0 saturated carbocycles. The van der Waals surface area contributed by atoms with Crippen LogP contribution in [0.5, 0.6) is 11.5 Å². The van der Waals surface area contributed by atoms with Gasteiger partial charge in [0.25, 0.3) is 5.56 Å². The van der Waals surface area contributed by atoms with E-state index >= 15 is 0 Å². The third kappa shape index (κ3) is 6.36. The molecule has 1 aliphatic rings. The highest BCUT2D eigenvalue weighted by Gasteiger charge is 2.42. The molecule has 1 aliphatic heterocycles. The molecule has 1 amide bonds. The Bertz CT molecular complexity index is 1840. The number of nitrogens with zero attached hydrogens (tertiary/aromatic N) is 3. The van der Waals surface area contributed by atoms with Crippen LogP contribution in [0, 0.1) is 5.92 Å². The number of benzene rings is 3. The van der Waals surface area contributed by atoms with Crippen molar-refractivity contribution in [2.24, 2.45) is 5.92 Å². The number of hydrogen-bond acceptors (Lipinski definition) is 9. The van der Waals surface area contributed by atoms with Gasteiger partial charge >= 0.3 is 0 Å². The molecule has 11 nitrogen and oxygen atoms in total. The lowest BCUT2D eigenvalue weighted by Gasteiger charge is -2.36. The summed E-state index contributed by atoms with van der Waals surface area (Å²) in [5.41, 5.74) is 3.01. The Kier molecular flexibility index (Phi) is 9.35. The first kappa shape index (κ1) is 32.3. The lowest BCUT2D eigenvalue weighted by Crippen LogP contribution is -2.31. The number of carbonyl (C=O) groups is 1. The molecule has 1 saturated heterocycles. The Balaban J connectivity index is 1.33. The highest BCUT2D eigenvalue weighted by Crippen LogP contribution is 2.50. The van der Waals surface area contributed by atoms with E-state index in [-0.39, 0.29) is 35.4 Å². The second-order valence-corrected chi connectivity index (χ2v) is 12.9. The molecule has 3 aromatic carbocycles. The number of amides is 1. The second-order valence-electron chi connectivity index (χ2n) is 11.6. The van der Waals surface area contributed by atoms with Crippen LogP contribution in [-0.4, -0.2) is 62.7 Å². The van der Waals surface area contributed by atoms with Crippen LogP contribution < -0.4 is 20.3 Å². The predicted molar refractivity (Wildman–Crippen MR) is 181 cm³/mol. The molecule has 47 heavy (non-hydrogen) atoms. The standard InChI is InChI=1S/C35H37N5O6S/c1-21(2)32(42)38-34-37-31-30(33(43)39-34)36-20-40(31)29-18-27(41)28(46-29)19-47-35(22-8-6-5-7-9-22,23-10-14-25(44-3)15-11-23)24-12-16-26(45-4)17-13-24/h5-17,20-21,27-29,41H,18-19H2,1-4H3,(H2,37,38,39,42,43)/t27-,28+,29+/m0/s1. The molecule has 3 N–H and O–H groups in total. The van der Waals surface area contributed by atoms with Crippen molar-refractivity contribution in [2.75, 3.05) is 25.3 Å². The van der Waals surface area contributed by atoms with Gasteiger partial charge in [-0.25, -0.2) is 4.98 Å². The second kappa shape index (κ2) is 13.6. The van der Waals surface area contributed by atoms with Gasteiger partial charge in [0.15, 0.2) is 11.2 Å². The SMILES string of the molecule is COc1ccc(C(SC[C@H]2O[C@@H](n3cnc4c(=O)[nH]c(NC(=O)C(C)C)nc43)C[C@@H]2O)(c2ccccc2)c2ccc(OC)cc2)cc1. The van der Waals surface area contributed by atoms with Crippen molar-refractivity contribution in [3.8, 4) is 11.5 Å². The van der Waals surface area contributed by atoms with Crippen molar-refractivity contribution in [2.45, 2.75) is 43.5 Å². The van der Waals surface area contributed by atoms with Crippen molar-refractivity contribution in [1.29, 1.82) is 0 Å². The zero-order chi connectivity index (χ0) is 33.1. The van der Waals surface area contributed by atoms with Gasteiger partial charge in [0, 0.05) is 18.1 Å². The van der Waals surface area contributed by atoms with E-state index in [9.17, 15) is 14.7 Å². The lowest BCUT2D eigenvalue weighted by atomic mass is 9.84. The highest BCUT2D eigenvalue weighted by molar-refractivity contribution is 8.00. The minimum Gasteiger partial charge on any atom is -0.497 e. The Labute approximate surface area is 276 Å². The monoisotopic (exact) mass is 655 g/mol. The summed E-state index contributed by atoms with van der Waals surface area (Å²) in [4.78, 5) is 36.4. The number of H-pyrrole nitrogens is 1. The van der Waals surface area contributed by atoms with E-state index in [0.717, 1.165) is 28.2 Å². The first-order valence-electron chi connectivity index (χ1n) is 15.3. The molecule has 5 aromatic rings. The Morgan fingerprint density at radius 3 is 2.19 bits per heavy atom. The number of aromatic nitrogens is 4. The normalized spacial score (nSPS) is 18.0. The molecular formula is C35H37N5O6S. The van der Waals surface area contributed by atoms with Crippen molar-refractivity contribution in [1.82, 2.24) is 19.5 Å². The fraction of sp³-hybridized carbons (Fsp3) is 0.314. The van der Waals surface area contributed by atoms with E-state index in [0.29, 0.717) is 5.75 Å². The van der Waals surface area contributed by atoms with Crippen LogP contribution in [-0.2, 0) is 14.3 Å². The molecule has 0 aliphatic carbocycles. The van der Waals surface area contributed by atoms with Crippen molar-refractivity contribution >= 4 is 34.8 Å². The zero-order valence-electron chi connectivity index (χ0n) is 26.5. The van der Waals surface area contributed by atoms with Gasteiger partial charge in [-0.2, -0.15) is 4.98 Å². The smallest absolute Gasteiger partial charge is 0.280 e. The van der Waals surface area contributed by atoms with Crippen LogP contribution in [0.3, 0.4) is 0 Å². The van der Waals surface area contributed by atoms with E-state index < -0.39 is 28.7 Å². The van der Waals surface area contributed by atoms with E-state index in [1.807, 2.05) is 42.5 Å².